The summed E-state index contributed by atoms with van der Waals surface area (Å²) >= 11 is 0. The fourth-order valence-corrected chi connectivity index (χ4v) is 1.07. The molecule has 1 aromatic heterocycles. The van der Waals surface area contributed by atoms with E-state index in [9.17, 15) is 18.0 Å². The summed E-state index contributed by atoms with van der Waals surface area (Å²) in [6.45, 7) is 1.63. The van der Waals surface area contributed by atoms with E-state index in [1.165, 1.54) is 6.92 Å². The van der Waals surface area contributed by atoms with Crippen LogP contribution in [-0.2, 0) is 6.18 Å². The number of alkyl halides is 3. The summed E-state index contributed by atoms with van der Waals surface area (Å²) in [4.78, 5) is 15.0. The fourth-order valence-electron chi connectivity index (χ4n) is 1.07. The highest BCUT2D eigenvalue weighted by atomic mass is 19.4. The van der Waals surface area contributed by atoms with Crippen LogP contribution in [-0.4, -0.2) is 23.1 Å². The Kier molecular flexibility index (Phi) is 4.38. The van der Waals surface area contributed by atoms with E-state index in [2.05, 4.69) is 10.1 Å². The van der Waals surface area contributed by atoms with Crippen molar-refractivity contribution in [1.29, 1.82) is 0 Å². The van der Waals surface area contributed by atoms with Crippen molar-refractivity contribution in [3.05, 3.63) is 29.6 Å². The van der Waals surface area contributed by atoms with Crippen LogP contribution in [0.3, 0.4) is 0 Å². The normalized spacial score (nSPS) is 12.4. The highest BCUT2D eigenvalue weighted by Crippen LogP contribution is 2.31. The number of aromatic nitrogens is 1. The molecule has 0 spiro atoms. The van der Waals surface area contributed by atoms with Crippen molar-refractivity contribution >= 4 is 11.6 Å². The van der Waals surface area contributed by atoms with Gasteiger partial charge in [0.2, 0.25) is 0 Å². The molecule has 0 aliphatic carbocycles. The maximum atomic E-state index is 12.6. The van der Waals surface area contributed by atoms with Gasteiger partial charge in [-0.1, -0.05) is 0 Å². The van der Waals surface area contributed by atoms with Crippen molar-refractivity contribution in [1.82, 2.24) is 10.4 Å². The predicted octanol–water partition coefficient (Wildman–Crippen LogP) is 1.16. The average molecular weight is 260 g/mol. The van der Waals surface area contributed by atoms with Crippen LogP contribution in [0.25, 0.3) is 0 Å². The van der Waals surface area contributed by atoms with Crippen molar-refractivity contribution < 1.29 is 18.0 Å². The number of hydrogen-bond acceptors (Lipinski definition) is 4. The number of nitrogens with one attached hydrogen (secondary N) is 1. The molecule has 0 radical (unpaired) electrons. The first kappa shape index (κ1) is 14.1. The Morgan fingerprint density at radius 3 is 2.78 bits per heavy atom. The minimum atomic E-state index is -4.62. The van der Waals surface area contributed by atoms with Crippen molar-refractivity contribution in [2.24, 2.45) is 10.8 Å². The lowest BCUT2D eigenvalue weighted by Gasteiger charge is -2.10. The third kappa shape index (κ3) is 3.52. The third-order valence-electron chi connectivity index (χ3n) is 2.01. The van der Waals surface area contributed by atoms with E-state index in [0.717, 1.165) is 18.5 Å². The number of carbonyl (C=O) groups excluding carboxylic acids is 1. The molecule has 1 rings (SSSR count). The molecule has 18 heavy (non-hydrogen) atoms. The molecular weight excluding hydrogens is 249 g/mol. The van der Waals surface area contributed by atoms with Gasteiger partial charge in [0, 0.05) is 24.7 Å². The number of nitrogens with two attached hydrogens (primary N) is 1. The molecule has 0 unspecified atom stereocenters. The molecule has 5 nitrogen and oxygen atoms in total. The lowest BCUT2D eigenvalue weighted by atomic mass is 10.1. The zero-order valence-electron chi connectivity index (χ0n) is 9.45. The first-order valence-electron chi connectivity index (χ1n) is 4.91. The van der Waals surface area contributed by atoms with Gasteiger partial charge in [-0.15, -0.1) is 0 Å². The Balaban J connectivity index is 3.00. The van der Waals surface area contributed by atoms with Crippen LogP contribution in [0.15, 0.2) is 23.6 Å². The molecule has 0 aliphatic heterocycles. The molecule has 1 heterocycles. The second-order valence-corrected chi connectivity index (χ2v) is 3.41. The highest BCUT2D eigenvalue weighted by molar-refractivity contribution is 5.96. The Morgan fingerprint density at radius 2 is 2.22 bits per heavy atom. The van der Waals surface area contributed by atoms with E-state index in [1.807, 2.05) is 5.43 Å². The predicted molar refractivity (Wildman–Crippen MR) is 58.9 cm³/mol. The molecule has 0 fully saturated rings. The van der Waals surface area contributed by atoms with Crippen molar-refractivity contribution in [3.63, 3.8) is 0 Å². The van der Waals surface area contributed by atoms with E-state index in [1.54, 1.807) is 0 Å². The second-order valence-electron chi connectivity index (χ2n) is 3.41. The van der Waals surface area contributed by atoms with Crippen molar-refractivity contribution in [3.8, 4) is 0 Å². The number of carbonyl (C=O) groups is 1. The molecule has 1 aromatic rings. The number of hydrazone groups is 1. The maximum Gasteiger partial charge on any atom is 0.417 e. The van der Waals surface area contributed by atoms with Gasteiger partial charge in [0.15, 0.2) is 0 Å². The molecule has 0 aromatic carbocycles. The molecule has 0 saturated heterocycles. The van der Waals surface area contributed by atoms with E-state index >= 15 is 0 Å². The number of hydrogen-bond donors (Lipinski definition) is 2. The fraction of sp³-hybridized carbons (Fsp3) is 0.300. The SMILES string of the molecule is C/C(CN)=N\NC(=O)c1cnccc1C(F)(F)F. The Morgan fingerprint density at radius 1 is 1.56 bits per heavy atom. The summed E-state index contributed by atoms with van der Waals surface area (Å²) in [6.07, 6.45) is -2.82. The van der Waals surface area contributed by atoms with E-state index in [4.69, 9.17) is 5.73 Å². The van der Waals surface area contributed by atoms with Crippen LogP contribution in [0.1, 0.15) is 22.8 Å². The van der Waals surface area contributed by atoms with Gasteiger partial charge in [-0.2, -0.15) is 18.3 Å². The molecule has 0 aliphatic rings. The number of nitrogens with zero attached hydrogens (tertiary/aromatic N) is 2. The zero-order valence-corrected chi connectivity index (χ0v) is 9.45. The molecule has 8 heteroatoms. The lowest BCUT2D eigenvalue weighted by Crippen LogP contribution is -2.24. The molecule has 3 N–H and O–H groups in total. The van der Waals surface area contributed by atoms with E-state index in [-0.39, 0.29) is 6.54 Å². The summed E-state index contributed by atoms with van der Waals surface area (Å²) in [7, 11) is 0. The third-order valence-corrected chi connectivity index (χ3v) is 2.01. The summed E-state index contributed by atoms with van der Waals surface area (Å²) in [5.74, 6) is -0.983. The van der Waals surface area contributed by atoms with E-state index < -0.39 is 23.2 Å². The topological polar surface area (TPSA) is 80.4 Å². The average Bonchev–Trinajstić information content (AvgIpc) is 2.34. The number of halogens is 3. The Labute approximate surface area is 101 Å². The summed E-state index contributed by atoms with van der Waals surface area (Å²) in [5, 5.41) is 3.54. The lowest BCUT2D eigenvalue weighted by molar-refractivity contribution is -0.138. The Bertz CT molecular complexity index is 470. The van der Waals surface area contributed by atoms with Gasteiger partial charge in [-0.3, -0.25) is 9.78 Å². The van der Waals surface area contributed by atoms with E-state index in [0.29, 0.717) is 5.71 Å². The van der Waals surface area contributed by atoms with Crippen LogP contribution in [0.2, 0.25) is 0 Å². The van der Waals surface area contributed by atoms with Crippen LogP contribution >= 0.6 is 0 Å². The standard InChI is InChI=1S/C10H11F3N4O/c1-6(4-14)16-17-9(18)7-5-15-3-2-8(7)10(11,12)13/h2-3,5H,4,14H2,1H3,(H,17,18)/b16-6+. The van der Waals surface area contributed by atoms with Gasteiger partial charge >= 0.3 is 6.18 Å². The molecular formula is C10H11F3N4O. The first-order chi connectivity index (χ1) is 8.36. The number of rotatable bonds is 3. The molecule has 98 valence electrons. The quantitative estimate of drug-likeness (QED) is 0.632. The minimum Gasteiger partial charge on any atom is -0.325 e. The second kappa shape index (κ2) is 5.58. The van der Waals surface area contributed by atoms with Gasteiger partial charge in [0.25, 0.3) is 5.91 Å². The minimum absolute atomic E-state index is 0.0967. The van der Waals surface area contributed by atoms with Crippen LogP contribution in [0, 0.1) is 0 Å². The van der Waals surface area contributed by atoms with Gasteiger partial charge in [-0.05, 0) is 13.0 Å². The summed E-state index contributed by atoms with van der Waals surface area (Å²) in [5.41, 5.74) is 5.96. The van der Waals surface area contributed by atoms with Crippen LogP contribution in [0.5, 0.6) is 0 Å². The molecule has 0 atom stereocenters. The molecule has 1 amide bonds. The van der Waals surface area contributed by atoms with Gasteiger partial charge in [-0.25, -0.2) is 5.43 Å². The van der Waals surface area contributed by atoms with Crippen molar-refractivity contribution in [2.75, 3.05) is 6.54 Å². The maximum absolute atomic E-state index is 12.6. The molecule has 0 bridgehead atoms. The number of pyridine rings is 1. The summed E-state index contributed by atoms with van der Waals surface area (Å²) in [6, 6.07) is 0.731. The summed E-state index contributed by atoms with van der Waals surface area (Å²) < 4.78 is 37.8. The molecule has 0 saturated carbocycles. The number of amides is 1. The largest absolute Gasteiger partial charge is 0.417 e. The monoisotopic (exact) mass is 260 g/mol. The van der Waals surface area contributed by atoms with Crippen molar-refractivity contribution in [2.45, 2.75) is 13.1 Å². The van der Waals surface area contributed by atoms with Crippen LogP contribution in [0.4, 0.5) is 13.2 Å². The zero-order chi connectivity index (χ0) is 13.8. The Hall–Kier alpha value is -1.96. The smallest absolute Gasteiger partial charge is 0.325 e. The van der Waals surface area contributed by atoms with Crippen LogP contribution < -0.4 is 11.2 Å². The highest BCUT2D eigenvalue weighted by Gasteiger charge is 2.35. The first-order valence-corrected chi connectivity index (χ1v) is 4.91. The van der Waals surface area contributed by atoms with Gasteiger partial charge in [0.1, 0.15) is 0 Å². The van der Waals surface area contributed by atoms with Gasteiger partial charge < -0.3 is 5.73 Å². The van der Waals surface area contributed by atoms with Gasteiger partial charge in [0.05, 0.1) is 11.1 Å².